The van der Waals surface area contributed by atoms with Crippen LogP contribution >= 0.6 is 11.6 Å². The van der Waals surface area contributed by atoms with Gasteiger partial charge in [0.05, 0.1) is 16.6 Å². The molecule has 26 heavy (non-hydrogen) atoms. The summed E-state index contributed by atoms with van der Waals surface area (Å²) in [7, 11) is 0. The Morgan fingerprint density at radius 1 is 1.23 bits per heavy atom. The lowest BCUT2D eigenvalue weighted by atomic mass is 10.1. The van der Waals surface area contributed by atoms with E-state index in [0.717, 1.165) is 23.2 Å². The van der Waals surface area contributed by atoms with E-state index in [1.54, 1.807) is 4.90 Å². The highest BCUT2D eigenvalue weighted by atomic mass is 35.5. The Balaban J connectivity index is 1.73. The number of nitrogens with zero attached hydrogens (tertiary/aromatic N) is 1. The molecule has 0 aromatic heterocycles. The van der Waals surface area contributed by atoms with Gasteiger partial charge >= 0.3 is 0 Å². The van der Waals surface area contributed by atoms with Gasteiger partial charge in [-0.05, 0) is 55.2 Å². The average Bonchev–Trinajstić information content (AvgIpc) is 3.00. The molecule has 0 aliphatic carbocycles. The first-order valence-corrected chi connectivity index (χ1v) is 9.23. The zero-order chi connectivity index (χ0) is 18.8. The Labute approximate surface area is 159 Å². The van der Waals surface area contributed by atoms with E-state index in [9.17, 15) is 9.59 Å². The molecule has 1 atom stereocenters. The molecule has 1 unspecified atom stereocenters. The van der Waals surface area contributed by atoms with Crippen molar-refractivity contribution in [2.45, 2.75) is 33.6 Å². The lowest BCUT2D eigenvalue weighted by Gasteiger charge is -2.18. The number of nitrogens with one attached hydrogen (secondary N) is 1. The van der Waals surface area contributed by atoms with Crippen LogP contribution in [0.1, 0.15) is 30.0 Å². The van der Waals surface area contributed by atoms with Gasteiger partial charge in [0, 0.05) is 18.7 Å². The maximum Gasteiger partial charge on any atom is 0.229 e. The second-order valence-corrected chi connectivity index (χ2v) is 7.26. The summed E-state index contributed by atoms with van der Waals surface area (Å²) in [5, 5.41) is 3.43. The number of hydrogen-bond acceptors (Lipinski definition) is 2. The van der Waals surface area contributed by atoms with Crippen LogP contribution in [0.25, 0.3) is 0 Å². The number of hydrogen-bond donors (Lipinski definition) is 1. The summed E-state index contributed by atoms with van der Waals surface area (Å²) in [6, 6.07) is 11.7. The zero-order valence-corrected chi connectivity index (χ0v) is 16.1. The molecular weight excluding hydrogens is 348 g/mol. The first kappa shape index (κ1) is 18.5. The van der Waals surface area contributed by atoms with Crippen molar-refractivity contribution in [2.24, 2.45) is 5.92 Å². The van der Waals surface area contributed by atoms with Crippen molar-refractivity contribution < 1.29 is 9.59 Å². The van der Waals surface area contributed by atoms with Gasteiger partial charge in [0.2, 0.25) is 11.8 Å². The van der Waals surface area contributed by atoms with Crippen molar-refractivity contribution in [3.05, 3.63) is 58.1 Å². The molecule has 136 valence electrons. The fourth-order valence-electron chi connectivity index (χ4n) is 3.34. The van der Waals surface area contributed by atoms with Crippen LogP contribution in [-0.4, -0.2) is 18.4 Å². The maximum atomic E-state index is 12.7. The number of carbonyl (C=O) groups is 2. The lowest BCUT2D eigenvalue weighted by Crippen LogP contribution is -2.28. The van der Waals surface area contributed by atoms with Gasteiger partial charge < -0.3 is 10.2 Å². The van der Waals surface area contributed by atoms with Crippen LogP contribution in [0.2, 0.25) is 5.02 Å². The van der Waals surface area contributed by atoms with Crippen molar-refractivity contribution in [2.75, 3.05) is 16.8 Å². The highest BCUT2D eigenvalue weighted by Gasteiger charge is 2.35. The van der Waals surface area contributed by atoms with E-state index in [2.05, 4.69) is 12.2 Å². The molecule has 0 saturated carbocycles. The first-order chi connectivity index (χ1) is 12.4. The fraction of sp³-hybridized carbons (Fsp3) is 0.333. The van der Waals surface area contributed by atoms with Gasteiger partial charge in [0.25, 0.3) is 0 Å². The summed E-state index contributed by atoms with van der Waals surface area (Å²) in [4.78, 5) is 26.8. The van der Waals surface area contributed by atoms with Crippen LogP contribution < -0.4 is 10.2 Å². The number of carbonyl (C=O) groups excluding carboxylic acids is 2. The second kappa shape index (κ2) is 7.50. The van der Waals surface area contributed by atoms with E-state index >= 15 is 0 Å². The van der Waals surface area contributed by atoms with E-state index in [4.69, 9.17) is 11.6 Å². The number of rotatable bonds is 4. The van der Waals surface area contributed by atoms with E-state index < -0.39 is 0 Å². The summed E-state index contributed by atoms with van der Waals surface area (Å²) in [5.74, 6) is -0.578. The molecule has 1 heterocycles. The molecule has 1 N–H and O–H groups in total. The number of aryl methyl sites for hydroxylation is 3. The molecule has 1 aliphatic rings. The Morgan fingerprint density at radius 3 is 2.54 bits per heavy atom. The SMILES string of the molecule is CCc1ccc(N2CC(C(=O)Nc3c(C)cc(C)cc3Cl)CC2=O)cc1. The molecule has 0 spiro atoms. The van der Waals surface area contributed by atoms with Gasteiger partial charge in [0.15, 0.2) is 0 Å². The lowest BCUT2D eigenvalue weighted by molar-refractivity contribution is -0.122. The van der Waals surface area contributed by atoms with Gasteiger partial charge in [-0.15, -0.1) is 0 Å². The zero-order valence-electron chi connectivity index (χ0n) is 15.3. The molecule has 2 aromatic carbocycles. The Kier molecular flexibility index (Phi) is 5.33. The molecule has 2 aromatic rings. The van der Waals surface area contributed by atoms with Gasteiger partial charge in [-0.3, -0.25) is 9.59 Å². The predicted octanol–water partition coefficient (Wildman–Crippen LogP) is 4.51. The second-order valence-electron chi connectivity index (χ2n) is 6.85. The quantitative estimate of drug-likeness (QED) is 0.860. The summed E-state index contributed by atoms with van der Waals surface area (Å²) in [5.41, 5.74) is 4.65. The standard InChI is InChI=1S/C21H23ClN2O2/c1-4-15-5-7-17(8-6-15)24-12-16(11-19(24)25)21(26)23-20-14(3)9-13(2)10-18(20)22/h5-10,16H,4,11-12H2,1-3H3,(H,23,26). The van der Waals surface area contributed by atoms with Crippen molar-refractivity contribution in [1.82, 2.24) is 0 Å². The molecule has 0 radical (unpaired) electrons. The molecule has 0 bridgehead atoms. The molecule has 4 nitrogen and oxygen atoms in total. The normalized spacial score (nSPS) is 16.8. The van der Waals surface area contributed by atoms with E-state index in [1.165, 1.54) is 5.56 Å². The van der Waals surface area contributed by atoms with Crippen molar-refractivity contribution in [1.29, 1.82) is 0 Å². The van der Waals surface area contributed by atoms with E-state index in [-0.39, 0.29) is 24.2 Å². The van der Waals surface area contributed by atoms with Gasteiger partial charge in [-0.2, -0.15) is 0 Å². The van der Waals surface area contributed by atoms with Gasteiger partial charge in [0.1, 0.15) is 0 Å². The van der Waals surface area contributed by atoms with Crippen LogP contribution in [-0.2, 0) is 16.0 Å². The number of amides is 2. The molecular formula is C21H23ClN2O2. The van der Waals surface area contributed by atoms with E-state index in [0.29, 0.717) is 17.3 Å². The highest BCUT2D eigenvalue weighted by Crippen LogP contribution is 2.30. The molecule has 1 saturated heterocycles. The summed E-state index contributed by atoms with van der Waals surface area (Å²) >= 11 is 6.28. The number of benzene rings is 2. The number of anilines is 2. The van der Waals surface area contributed by atoms with Crippen LogP contribution in [0.3, 0.4) is 0 Å². The minimum atomic E-state index is -0.384. The fourth-order valence-corrected chi connectivity index (χ4v) is 3.71. The maximum absolute atomic E-state index is 12.7. The predicted molar refractivity (Wildman–Crippen MR) is 106 cm³/mol. The topological polar surface area (TPSA) is 49.4 Å². The third kappa shape index (κ3) is 3.75. The highest BCUT2D eigenvalue weighted by molar-refractivity contribution is 6.34. The van der Waals surface area contributed by atoms with Gasteiger partial charge in [-0.1, -0.05) is 36.7 Å². The summed E-state index contributed by atoms with van der Waals surface area (Å²) < 4.78 is 0. The minimum absolute atomic E-state index is 0.0267. The molecule has 2 amide bonds. The van der Waals surface area contributed by atoms with Crippen molar-refractivity contribution in [3.8, 4) is 0 Å². The molecule has 1 fully saturated rings. The van der Waals surface area contributed by atoms with Crippen molar-refractivity contribution in [3.63, 3.8) is 0 Å². The molecule has 1 aliphatic heterocycles. The van der Waals surface area contributed by atoms with E-state index in [1.807, 2.05) is 50.2 Å². The summed E-state index contributed by atoms with van der Waals surface area (Å²) in [6.45, 7) is 6.35. The Bertz CT molecular complexity index is 823. The number of halogens is 1. The third-order valence-electron chi connectivity index (χ3n) is 4.83. The third-order valence-corrected chi connectivity index (χ3v) is 5.13. The Hall–Kier alpha value is -2.33. The Morgan fingerprint density at radius 2 is 1.92 bits per heavy atom. The van der Waals surface area contributed by atoms with Crippen LogP contribution in [0, 0.1) is 19.8 Å². The van der Waals surface area contributed by atoms with Crippen LogP contribution in [0.5, 0.6) is 0 Å². The minimum Gasteiger partial charge on any atom is -0.324 e. The summed E-state index contributed by atoms with van der Waals surface area (Å²) in [6.07, 6.45) is 1.17. The largest absolute Gasteiger partial charge is 0.324 e. The van der Waals surface area contributed by atoms with Crippen LogP contribution in [0.15, 0.2) is 36.4 Å². The van der Waals surface area contributed by atoms with Crippen LogP contribution in [0.4, 0.5) is 11.4 Å². The van der Waals surface area contributed by atoms with Crippen molar-refractivity contribution >= 4 is 34.8 Å². The molecule has 3 rings (SSSR count). The smallest absolute Gasteiger partial charge is 0.229 e. The first-order valence-electron chi connectivity index (χ1n) is 8.86. The van der Waals surface area contributed by atoms with Gasteiger partial charge in [-0.25, -0.2) is 0 Å². The monoisotopic (exact) mass is 370 g/mol. The molecule has 5 heteroatoms. The average molecular weight is 371 g/mol.